The Morgan fingerprint density at radius 2 is 1.45 bits per heavy atom. The molecule has 0 radical (unpaired) electrons. The first-order chi connectivity index (χ1) is 14.0. The van der Waals surface area contributed by atoms with E-state index in [1.54, 1.807) is 0 Å². The number of aryl methyl sites for hydroxylation is 1. The molecule has 0 spiro atoms. The van der Waals surface area contributed by atoms with E-state index in [0.717, 1.165) is 16.7 Å². The molecule has 152 valence electrons. The van der Waals surface area contributed by atoms with Gasteiger partial charge in [-0.05, 0) is 47.2 Å². The zero-order valence-corrected chi connectivity index (χ0v) is 17.3. The summed E-state index contributed by atoms with van der Waals surface area (Å²) in [6.45, 7) is 2.20. The smallest absolute Gasteiger partial charge is 0.303 e. The van der Waals surface area contributed by atoms with E-state index in [0.29, 0.717) is 5.02 Å². The molecule has 0 aliphatic carbocycles. The van der Waals surface area contributed by atoms with E-state index in [1.165, 1.54) is 18.4 Å². The van der Waals surface area contributed by atoms with Gasteiger partial charge in [-0.15, -0.1) is 0 Å². The molecule has 2 N–H and O–H groups in total. The molecule has 4 heteroatoms. The molecule has 3 nitrogen and oxygen atoms in total. The number of halogens is 1. The van der Waals surface area contributed by atoms with Gasteiger partial charge in [0.15, 0.2) is 0 Å². The summed E-state index contributed by atoms with van der Waals surface area (Å²) in [6.07, 6.45) is 1.88. The van der Waals surface area contributed by atoms with Gasteiger partial charge in [0.05, 0.1) is 6.10 Å². The predicted molar refractivity (Wildman–Crippen MR) is 119 cm³/mol. The van der Waals surface area contributed by atoms with E-state index >= 15 is 0 Å². The summed E-state index contributed by atoms with van der Waals surface area (Å²) in [6, 6.07) is 25.5. The second-order valence-electron chi connectivity index (χ2n) is 6.81. The van der Waals surface area contributed by atoms with Crippen LogP contribution in [0.5, 0.6) is 0 Å². The quantitative estimate of drug-likeness (QED) is 0.464. The predicted octanol–water partition coefficient (Wildman–Crippen LogP) is 6.54. The van der Waals surface area contributed by atoms with Crippen molar-refractivity contribution < 1.29 is 15.0 Å². The Morgan fingerprint density at radius 1 is 0.897 bits per heavy atom. The minimum atomic E-state index is -0.901. The molecule has 3 aromatic rings. The normalized spacial score (nSPS) is 11.3. The van der Waals surface area contributed by atoms with Crippen molar-refractivity contribution >= 4 is 17.6 Å². The maximum Gasteiger partial charge on any atom is 0.303 e. The van der Waals surface area contributed by atoms with E-state index in [9.17, 15) is 9.90 Å². The second-order valence-corrected chi connectivity index (χ2v) is 7.25. The van der Waals surface area contributed by atoms with Crippen molar-refractivity contribution in [3.8, 4) is 11.1 Å². The van der Waals surface area contributed by atoms with Crippen LogP contribution in [-0.2, 0) is 11.2 Å². The summed E-state index contributed by atoms with van der Waals surface area (Å²) < 4.78 is 0. The van der Waals surface area contributed by atoms with Crippen molar-refractivity contribution in [3.63, 3.8) is 0 Å². The van der Waals surface area contributed by atoms with E-state index in [4.69, 9.17) is 16.7 Å². The number of carbonyl (C=O) groups is 1. The molecule has 0 aromatic heterocycles. The van der Waals surface area contributed by atoms with Gasteiger partial charge in [-0.2, -0.15) is 0 Å². The second kappa shape index (κ2) is 12.1. The SMILES string of the molecule is CCCc1ccccc1.O=C(O)CCC(O)c1ccc(-c2ccc(Cl)cc2)cc1. The van der Waals surface area contributed by atoms with Crippen LogP contribution in [0.15, 0.2) is 78.9 Å². The number of carboxylic acid groups (broad SMARTS) is 1. The lowest BCUT2D eigenvalue weighted by Gasteiger charge is -2.10. The van der Waals surface area contributed by atoms with Crippen molar-refractivity contribution in [2.24, 2.45) is 0 Å². The van der Waals surface area contributed by atoms with Gasteiger partial charge in [0.25, 0.3) is 0 Å². The standard InChI is InChI=1S/C16H15ClO3.C9H12/c17-14-7-5-12(6-8-14)11-1-3-13(4-2-11)15(18)9-10-16(19)20;1-2-6-9-7-4-3-5-8-9/h1-8,15,18H,9-10H2,(H,19,20);3-5,7-8H,2,6H2,1H3. The first kappa shape index (κ1) is 22.7. The summed E-state index contributed by atoms with van der Waals surface area (Å²) >= 11 is 5.85. The number of rotatable bonds is 7. The topological polar surface area (TPSA) is 57.5 Å². The number of carboxylic acids is 1. The Labute approximate surface area is 177 Å². The maximum atomic E-state index is 10.5. The Morgan fingerprint density at radius 3 is 1.97 bits per heavy atom. The molecule has 0 aliphatic heterocycles. The van der Waals surface area contributed by atoms with Crippen LogP contribution in [0.1, 0.15) is 43.4 Å². The fourth-order valence-electron chi connectivity index (χ4n) is 2.90. The first-order valence-corrected chi connectivity index (χ1v) is 10.2. The Hall–Kier alpha value is -2.62. The number of benzene rings is 3. The molecule has 29 heavy (non-hydrogen) atoms. The van der Waals surface area contributed by atoms with Crippen molar-refractivity contribution in [2.45, 2.75) is 38.7 Å². The molecule has 0 saturated carbocycles. The van der Waals surface area contributed by atoms with Gasteiger partial charge in [0.2, 0.25) is 0 Å². The first-order valence-electron chi connectivity index (χ1n) is 9.79. The Kier molecular flexibility index (Phi) is 9.42. The molecule has 3 rings (SSSR count). The fraction of sp³-hybridized carbons (Fsp3) is 0.240. The molecule has 0 amide bonds. The highest BCUT2D eigenvalue weighted by Crippen LogP contribution is 2.25. The average Bonchev–Trinajstić information content (AvgIpc) is 2.74. The molecular formula is C25H27ClO3. The summed E-state index contributed by atoms with van der Waals surface area (Å²) in [7, 11) is 0. The van der Waals surface area contributed by atoms with Crippen LogP contribution < -0.4 is 0 Å². The third-order valence-electron chi connectivity index (χ3n) is 4.49. The lowest BCUT2D eigenvalue weighted by atomic mass is 10.00. The van der Waals surface area contributed by atoms with E-state index in [-0.39, 0.29) is 12.8 Å². The number of aliphatic hydroxyl groups is 1. The van der Waals surface area contributed by atoms with Gasteiger partial charge < -0.3 is 10.2 Å². The average molecular weight is 411 g/mol. The van der Waals surface area contributed by atoms with Crippen LogP contribution in [0.3, 0.4) is 0 Å². The molecule has 0 aliphatic rings. The summed E-state index contributed by atoms with van der Waals surface area (Å²) in [5.41, 5.74) is 4.24. The highest BCUT2D eigenvalue weighted by atomic mass is 35.5. The number of aliphatic carboxylic acids is 1. The minimum Gasteiger partial charge on any atom is -0.481 e. The fourth-order valence-corrected chi connectivity index (χ4v) is 3.03. The van der Waals surface area contributed by atoms with Crippen LogP contribution in [0.25, 0.3) is 11.1 Å². The molecule has 0 fully saturated rings. The third kappa shape index (κ3) is 8.10. The molecule has 1 atom stereocenters. The van der Waals surface area contributed by atoms with Crippen LogP contribution >= 0.6 is 11.6 Å². The van der Waals surface area contributed by atoms with E-state index in [2.05, 4.69) is 37.3 Å². The maximum absolute atomic E-state index is 10.5. The Balaban J connectivity index is 0.000000278. The summed E-state index contributed by atoms with van der Waals surface area (Å²) in [5.74, 6) is -0.901. The lowest BCUT2D eigenvalue weighted by Crippen LogP contribution is -2.02. The molecule has 0 saturated heterocycles. The Bertz CT molecular complexity index is 859. The van der Waals surface area contributed by atoms with Gasteiger partial charge in [-0.25, -0.2) is 0 Å². The van der Waals surface area contributed by atoms with E-state index in [1.807, 2.05) is 48.5 Å². The monoisotopic (exact) mass is 410 g/mol. The van der Waals surface area contributed by atoms with Gasteiger partial charge in [-0.3, -0.25) is 4.79 Å². The zero-order chi connectivity index (χ0) is 21.1. The number of hydrogen-bond acceptors (Lipinski definition) is 2. The number of hydrogen-bond donors (Lipinski definition) is 2. The highest BCUT2D eigenvalue weighted by molar-refractivity contribution is 6.30. The summed E-state index contributed by atoms with van der Waals surface area (Å²) in [4.78, 5) is 10.5. The third-order valence-corrected chi connectivity index (χ3v) is 4.74. The van der Waals surface area contributed by atoms with E-state index < -0.39 is 12.1 Å². The molecule has 1 unspecified atom stereocenters. The van der Waals surface area contributed by atoms with Crippen LogP contribution in [0.4, 0.5) is 0 Å². The van der Waals surface area contributed by atoms with Crippen molar-refractivity contribution in [2.75, 3.05) is 0 Å². The van der Waals surface area contributed by atoms with Crippen LogP contribution in [-0.4, -0.2) is 16.2 Å². The van der Waals surface area contributed by atoms with Crippen LogP contribution in [0, 0.1) is 0 Å². The molecule has 3 aromatic carbocycles. The highest BCUT2D eigenvalue weighted by Gasteiger charge is 2.10. The molecule has 0 bridgehead atoms. The van der Waals surface area contributed by atoms with Gasteiger partial charge >= 0.3 is 5.97 Å². The largest absolute Gasteiger partial charge is 0.481 e. The zero-order valence-electron chi connectivity index (χ0n) is 16.6. The van der Waals surface area contributed by atoms with Gasteiger partial charge in [-0.1, -0.05) is 91.7 Å². The van der Waals surface area contributed by atoms with Crippen LogP contribution in [0.2, 0.25) is 5.02 Å². The lowest BCUT2D eigenvalue weighted by molar-refractivity contribution is -0.137. The molecule has 0 heterocycles. The van der Waals surface area contributed by atoms with Crippen molar-refractivity contribution in [1.82, 2.24) is 0 Å². The number of aliphatic hydroxyl groups excluding tert-OH is 1. The minimum absolute atomic E-state index is 0.0416. The van der Waals surface area contributed by atoms with Crippen molar-refractivity contribution in [3.05, 3.63) is 95.0 Å². The van der Waals surface area contributed by atoms with Crippen molar-refractivity contribution in [1.29, 1.82) is 0 Å². The van der Waals surface area contributed by atoms with Gasteiger partial charge in [0, 0.05) is 11.4 Å². The molecular weight excluding hydrogens is 384 g/mol. The summed E-state index contributed by atoms with van der Waals surface area (Å²) in [5, 5.41) is 19.2. The van der Waals surface area contributed by atoms with Gasteiger partial charge in [0.1, 0.15) is 0 Å².